The van der Waals surface area contributed by atoms with E-state index in [9.17, 15) is 18.0 Å². The minimum Gasteiger partial charge on any atom is -0.370 e. The summed E-state index contributed by atoms with van der Waals surface area (Å²) in [4.78, 5) is 13.7. The summed E-state index contributed by atoms with van der Waals surface area (Å²) in [6, 6.07) is 1.53. The van der Waals surface area contributed by atoms with Crippen LogP contribution in [0.2, 0.25) is 0 Å². The van der Waals surface area contributed by atoms with E-state index in [4.69, 9.17) is 11.5 Å². The minimum absolute atomic E-state index is 0.234. The van der Waals surface area contributed by atoms with Gasteiger partial charge in [-0.25, -0.2) is 4.99 Å². The van der Waals surface area contributed by atoms with Crippen molar-refractivity contribution >= 4 is 17.7 Å². The number of nitrogens with zero attached hydrogens (tertiary/aromatic N) is 3. The Hall–Kier alpha value is -2.26. The summed E-state index contributed by atoms with van der Waals surface area (Å²) < 4.78 is 37.3. The lowest BCUT2D eigenvalue weighted by molar-refractivity contribution is -0.119. The molecule has 1 aromatic rings. The van der Waals surface area contributed by atoms with Crippen molar-refractivity contribution in [2.24, 2.45) is 16.5 Å². The number of anilines is 1. The Morgan fingerprint density at radius 1 is 1.45 bits per heavy atom. The lowest BCUT2D eigenvalue weighted by Gasteiger charge is -2.04. The summed E-state index contributed by atoms with van der Waals surface area (Å²) in [6.07, 6.45) is -2.05. The number of amides is 1. The highest BCUT2D eigenvalue weighted by molar-refractivity contribution is 5.91. The number of carbonyl (C=O) groups is 1. The first-order valence-corrected chi connectivity index (χ1v) is 5.72. The van der Waals surface area contributed by atoms with E-state index in [0.29, 0.717) is 13.0 Å². The first-order chi connectivity index (χ1) is 9.26. The fraction of sp³-hybridized carbons (Fsp3) is 0.500. The second-order valence-electron chi connectivity index (χ2n) is 3.98. The monoisotopic (exact) mass is 292 g/mol. The molecule has 20 heavy (non-hydrogen) atoms. The van der Waals surface area contributed by atoms with Gasteiger partial charge in [-0.05, 0) is 6.42 Å². The molecule has 0 bridgehead atoms. The van der Waals surface area contributed by atoms with Gasteiger partial charge in [-0.1, -0.05) is 0 Å². The van der Waals surface area contributed by atoms with Crippen LogP contribution in [0.3, 0.4) is 0 Å². The van der Waals surface area contributed by atoms with Crippen LogP contribution in [0, 0.1) is 0 Å². The van der Waals surface area contributed by atoms with Crippen LogP contribution in [0.4, 0.5) is 19.0 Å². The molecule has 10 heteroatoms. The van der Waals surface area contributed by atoms with Gasteiger partial charge in [-0.3, -0.25) is 9.48 Å². The molecule has 0 atom stereocenters. The van der Waals surface area contributed by atoms with Crippen LogP contribution in [-0.2, 0) is 11.3 Å². The highest BCUT2D eigenvalue weighted by Gasteiger charge is 2.26. The number of aromatic nitrogens is 2. The van der Waals surface area contributed by atoms with Gasteiger partial charge in [-0.2, -0.15) is 18.3 Å². The Bertz CT molecular complexity index is 482. The van der Waals surface area contributed by atoms with E-state index in [1.807, 2.05) is 0 Å². The average Bonchev–Trinajstić information content (AvgIpc) is 2.73. The van der Waals surface area contributed by atoms with Crippen LogP contribution >= 0.6 is 0 Å². The van der Waals surface area contributed by atoms with Crippen molar-refractivity contribution in [3.05, 3.63) is 12.3 Å². The molecule has 0 aliphatic rings. The zero-order valence-electron chi connectivity index (χ0n) is 10.5. The number of hydrogen-bond donors (Lipinski definition) is 3. The first-order valence-electron chi connectivity index (χ1n) is 5.72. The van der Waals surface area contributed by atoms with Gasteiger partial charge in [0.05, 0.1) is 0 Å². The van der Waals surface area contributed by atoms with Crippen LogP contribution in [0.25, 0.3) is 0 Å². The molecule has 7 nitrogen and oxygen atoms in total. The van der Waals surface area contributed by atoms with Gasteiger partial charge in [0.25, 0.3) is 0 Å². The van der Waals surface area contributed by atoms with E-state index in [2.05, 4.69) is 15.4 Å². The highest BCUT2D eigenvalue weighted by Crippen LogP contribution is 2.14. The molecule has 0 unspecified atom stereocenters. The van der Waals surface area contributed by atoms with E-state index >= 15 is 0 Å². The first kappa shape index (κ1) is 15.8. The molecule has 112 valence electrons. The normalized spacial score (nSPS) is 12.4. The Kier molecular flexibility index (Phi) is 5.35. The number of carbonyl (C=O) groups excluding carboxylic acids is 1. The van der Waals surface area contributed by atoms with Crippen molar-refractivity contribution < 1.29 is 18.0 Å². The molecule has 0 saturated heterocycles. The Morgan fingerprint density at radius 2 is 2.15 bits per heavy atom. The average molecular weight is 292 g/mol. The van der Waals surface area contributed by atoms with Gasteiger partial charge in [0.1, 0.15) is 6.54 Å². The maximum Gasteiger partial charge on any atom is 0.408 e. The summed E-state index contributed by atoms with van der Waals surface area (Å²) in [6.45, 7) is -0.893. The molecule has 1 amide bonds. The van der Waals surface area contributed by atoms with Gasteiger partial charge >= 0.3 is 6.18 Å². The highest BCUT2D eigenvalue weighted by atomic mass is 19.4. The van der Waals surface area contributed by atoms with Crippen molar-refractivity contribution in [3.63, 3.8) is 0 Å². The van der Waals surface area contributed by atoms with Crippen LogP contribution < -0.4 is 16.8 Å². The number of hydrogen-bond acceptors (Lipinski definition) is 3. The maximum atomic E-state index is 11.9. The lowest BCUT2D eigenvalue weighted by atomic mass is 10.3. The molecular formula is C10H15F3N6O. The number of aryl methyl sites for hydroxylation is 1. The smallest absolute Gasteiger partial charge is 0.370 e. The van der Waals surface area contributed by atoms with E-state index in [1.54, 1.807) is 6.20 Å². The number of nitrogens with one attached hydrogen (secondary N) is 1. The SMILES string of the molecule is NC(=O)CCCn1ccc(NC(N)=NCC(F)(F)F)n1. The largest absolute Gasteiger partial charge is 0.408 e. The molecule has 0 aromatic carbocycles. The van der Waals surface area contributed by atoms with Crippen LogP contribution in [0.15, 0.2) is 17.3 Å². The molecule has 1 heterocycles. The predicted molar refractivity (Wildman–Crippen MR) is 66.8 cm³/mol. The summed E-state index contributed by atoms with van der Waals surface area (Å²) in [5, 5.41) is 6.44. The minimum atomic E-state index is -4.40. The van der Waals surface area contributed by atoms with Crippen molar-refractivity contribution in [1.82, 2.24) is 9.78 Å². The Labute approximate surface area is 112 Å². The fourth-order valence-electron chi connectivity index (χ4n) is 1.31. The van der Waals surface area contributed by atoms with E-state index in [-0.39, 0.29) is 18.2 Å². The van der Waals surface area contributed by atoms with Gasteiger partial charge in [-0.15, -0.1) is 0 Å². The molecular weight excluding hydrogens is 277 g/mol. The Morgan fingerprint density at radius 3 is 2.75 bits per heavy atom. The zero-order chi connectivity index (χ0) is 15.2. The summed E-state index contributed by atoms with van der Waals surface area (Å²) in [5.41, 5.74) is 10.3. The van der Waals surface area contributed by atoms with Gasteiger partial charge < -0.3 is 16.8 Å². The van der Waals surface area contributed by atoms with Gasteiger partial charge in [0.2, 0.25) is 5.91 Å². The molecule has 1 rings (SSSR count). The zero-order valence-corrected chi connectivity index (χ0v) is 10.5. The molecule has 0 aliphatic heterocycles. The van der Waals surface area contributed by atoms with E-state index in [0.717, 1.165) is 0 Å². The van der Waals surface area contributed by atoms with Crippen LogP contribution in [-0.4, -0.2) is 34.4 Å². The van der Waals surface area contributed by atoms with Crippen molar-refractivity contribution in [2.75, 3.05) is 11.9 Å². The van der Waals surface area contributed by atoms with Gasteiger partial charge in [0, 0.05) is 25.2 Å². The van der Waals surface area contributed by atoms with E-state index < -0.39 is 18.6 Å². The molecule has 0 saturated carbocycles. The van der Waals surface area contributed by atoms with Gasteiger partial charge in [0.15, 0.2) is 11.8 Å². The number of halogens is 3. The molecule has 0 fully saturated rings. The molecule has 5 N–H and O–H groups in total. The van der Waals surface area contributed by atoms with Crippen molar-refractivity contribution in [1.29, 1.82) is 0 Å². The van der Waals surface area contributed by atoms with E-state index in [1.165, 1.54) is 10.7 Å². The number of rotatable bonds is 6. The number of nitrogens with two attached hydrogens (primary N) is 2. The standard InChI is InChI=1S/C10H15F3N6O/c11-10(12,13)6-16-9(15)17-8-3-5-19(18-8)4-1-2-7(14)20/h3,5H,1-2,4,6H2,(H2,14,20)(H3,15,16,17,18). The number of primary amides is 1. The maximum absolute atomic E-state index is 11.9. The summed E-state index contributed by atoms with van der Waals surface area (Å²) in [7, 11) is 0. The lowest BCUT2D eigenvalue weighted by Crippen LogP contribution is -2.25. The number of aliphatic imine (C=N–C) groups is 1. The Balaban J connectivity index is 2.45. The number of alkyl halides is 3. The second kappa shape index (κ2) is 6.78. The summed E-state index contributed by atoms with van der Waals surface area (Å²) >= 11 is 0. The van der Waals surface area contributed by atoms with Crippen LogP contribution in [0.1, 0.15) is 12.8 Å². The second-order valence-corrected chi connectivity index (χ2v) is 3.98. The fourth-order valence-corrected chi connectivity index (χ4v) is 1.31. The van der Waals surface area contributed by atoms with Crippen molar-refractivity contribution in [2.45, 2.75) is 25.6 Å². The third-order valence-corrected chi connectivity index (χ3v) is 2.14. The molecule has 0 radical (unpaired) electrons. The summed E-state index contributed by atoms with van der Waals surface area (Å²) in [5.74, 6) is -0.503. The molecule has 0 aliphatic carbocycles. The third kappa shape index (κ3) is 6.61. The predicted octanol–water partition coefficient (Wildman–Crippen LogP) is 0.437. The van der Waals surface area contributed by atoms with Crippen molar-refractivity contribution in [3.8, 4) is 0 Å². The quantitative estimate of drug-likeness (QED) is 0.521. The topological polar surface area (TPSA) is 111 Å². The third-order valence-electron chi connectivity index (χ3n) is 2.14. The van der Waals surface area contributed by atoms with Crippen LogP contribution in [0.5, 0.6) is 0 Å². The molecule has 1 aromatic heterocycles. The number of guanidine groups is 1. The molecule has 0 spiro atoms.